The third kappa shape index (κ3) is 4.21. The van der Waals surface area contributed by atoms with Gasteiger partial charge in [0.15, 0.2) is 0 Å². The second kappa shape index (κ2) is 7.42. The van der Waals surface area contributed by atoms with Crippen molar-refractivity contribution in [2.24, 2.45) is 0 Å². The van der Waals surface area contributed by atoms with Crippen molar-refractivity contribution in [3.05, 3.63) is 52.9 Å². The third-order valence-electron chi connectivity index (χ3n) is 3.63. The fraction of sp³-hybridized carbons (Fsp3) is 0.0556. The zero-order valence-corrected chi connectivity index (χ0v) is 14.6. The van der Waals surface area contributed by atoms with E-state index in [2.05, 4.69) is 5.32 Å². The van der Waals surface area contributed by atoms with E-state index < -0.39 is 23.6 Å². The molecule has 0 radical (unpaired) electrons. The maximum atomic E-state index is 12.4. The molecule has 0 atom stereocenters. The average molecular weight is 386 g/mol. The Balaban J connectivity index is 1.71. The van der Waals surface area contributed by atoms with E-state index in [1.165, 1.54) is 42.5 Å². The van der Waals surface area contributed by atoms with Gasteiger partial charge in [-0.05, 0) is 54.2 Å². The summed E-state index contributed by atoms with van der Waals surface area (Å²) in [5, 5.41) is 30.2. The highest BCUT2D eigenvalue weighted by Gasteiger charge is 2.36. The molecule has 3 amide bonds. The molecule has 0 unspecified atom stereocenters. The Morgan fingerprint density at radius 2 is 1.70 bits per heavy atom. The SMILES string of the molecule is O=C(CN1C(=O)S/C(=C\c2ccc(O)cc2O)C1=O)Nc1ccc(O)cc1. The lowest BCUT2D eigenvalue weighted by Gasteiger charge is -2.12. The molecule has 4 N–H and O–H groups in total. The van der Waals surface area contributed by atoms with Gasteiger partial charge >= 0.3 is 0 Å². The summed E-state index contributed by atoms with van der Waals surface area (Å²) in [7, 11) is 0. The van der Waals surface area contributed by atoms with Crippen molar-refractivity contribution in [3.63, 3.8) is 0 Å². The minimum Gasteiger partial charge on any atom is -0.508 e. The Hall–Kier alpha value is -3.46. The van der Waals surface area contributed by atoms with Crippen molar-refractivity contribution in [1.82, 2.24) is 4.90 Å². The molecule has 8 nitrogen and oxygen atoms in total. The molecular weight excluding hydrogens is 372 g/mol. The molecule has 1 aliphatic heterocycles. The average Bonchev–Trinajstić information content (AvgIpc) is 2.87. The van der Waals surface area contributed by atoms with Crippen molar-refractivity contribution in [1.29, 1.82) is 0 Å². The van der Waals surface area contributed by atoms with Gasteiger partial charge in [0.25, 0.3) is 11.1 Å². The van der Waals surface area contributed by atoms with Crippen LogP contribution in [0.4, 0.5) is 10.5 Å². The van der Waals surface area contributed by atoms with Gasteiger partial charge in [0.2, 0.25) is 5.91 Å². The molecule has 0 spiro atoms. The van der Waals surface area contributed by atoms with Crippen LogP contribution in [0.5, 0.6) is 17.2 Å². The second-order valence-corrected chi connectivity index (χ2v) is 6.60. The standard InChI is InChI=1S/C18H14N2O6S/c21-12-5-2-11(3-6-12)19-16(24)9-20-17(25)15(27-18(20)26)7-10-1-4-13(22)8-14(10)23/h1-8,21-23H,9H2,(H,19,24)/b15-7-. The number of hydrogen-bond acceptors (Lipinski definition) is 7. The van der Waals surface area contributed by atoms with Gasteiger partial charge in [0.1, 0.15) is 23.8 Å². The second-order valence-electron chi connectivity index (χ2n) is 5.61. The highest BCUT2D eigenvalue weighted by Crippen LogP contribution is 2.34. The van der Waals surface area contributed by atoms with E-state index in [9.17, 15) is 29.7 Å². The number of anilines is 1. The molecule has 0 bridgehead atoms. The van der Waals surface area contributed by atoms with E-state index in [0.717, 1.165) is 11.0 Å². The molecule has 1 heterocycles. The number of thioether (sulfide) groups is 1. The lowest BCUT2D eigenvalue weighted by Crippen LogP contribution is -2.36. The van der Waals surface area contributed by atoms with Crippen molar-refractivity contribution < 1.29 is 29.7 Å². The molecule has 1 fully saturated rings. The lowest BCUT2D eigenvalue weighted by atomic mass is 10.1. The molecular formula is C18H14N2O6S. The van der Waals surface area contributed by atoms with Crippen LogP contribution < -0.4 is 5.32 Å². The van der Waals surface area contributed by atoms with Gasteiger partial charge in [-0.1, -0.05) is 0 Å². The van der Waals surface area contributed by atoms with Gasteiger partial charge < -0.3 is 20.6 Å². The Morgan fingerprint density at radius 1 is 1.04 bits per heavy atom. The Kier molecular flexibility index (Phi) is 5.04. The summed E-state index contributed by atoms with van der Waals surface area (Å²) in [4.78, 5) is 37.4. The Bertz CT molecular complexity index is 955. The summed E-state index contributed by atoms with van der Waals surface area (Å²) in [6.45, 7) is -0.468. The topological polar surface area (TPSA) is 127 Å². The first-order chi connectivity index (χ1) is 12.8. The van der Waals surface area contributed by atoms with Crippen LogP contribution in [0.3, 0.4) is 0 Å². The maximum absolute atomic E-state index is 12.4. The highest BCUT2D eigenvalue weighted by atomic mass is 32.2. The summed E-state index contributed by atoms with van der Waals surface area (Å²) in [5.41, 5.74) is 0.668. The van der Waals surface area contributed by atoms with Crippen LogP contribution in [0, 0.1) is 0 Å². The summed E-state index contributed by atoms with van der Waals surface area (Å²) in [6, 6.07) is 9.59. The first kappa shape index (κ1) is 18.3. The number of phenolic OH excluding ortho intramolecular Hbond substituents is 3. The number of rotatable bonds is 4. The van der Waals surface area contributed by atoms with Gasteiger partial charge in [0.05, 0.1) is 4.91 Å². The first-order valence-corrected chi connectivity index (χ1v) is 8.51. The van der Waals surface area contributed by atoms with Crippen LogP contribution in [0.1, 0.15) is 5.56 Å². The first-order valence-electron chi connectivity index (χ1n) is 7.70. The molecule has 0 saturated carbocycles. The molecule has 9 heteroatoms. The molecule has 3 rings (SSSR count). The predicted molar refractivity (Wildman–Crippen MR) is 99.2 cm³/mol. The van der Waals surface area contributed by atoms with Crippen LogP contribution in [0.25, 0.3) is 6.08 Å². The number of carbonyl (C=O) groups excluding carboxylic acids is 3. The van der Waals surface area contributed by atoms with Crippen LogP contribution >= 0.6 is 11.8 Å². The predicted octanol–water partition coefficient (Wildman–Crippen LogP) is 2.48. The fourth-order valence-electron chi connectivity index (χ4n) is 2.32. The Morgan fingerprint density at radius 3 is 2.37 bits per heavy atom. The number of nitrogens with zero attached hydrogens (tertiary/aromatic N) is 1. The summed E-state index contributed by atoms with van der Waals surface area (Å²) >= 11 is 0.652. The van der Waals surface area contributed by atoms with E-state index >= 15 is 0 Å². The number of hydrogen-bond donors (Lipinski definition) is 4. The van der Waals surface area contributed by atoms with Gasteiger partial charge in [-0.3, -0.25) is 19.3 Å². The summed E-state index contributed by atoms with van der Waals surface area (Å²) in [5.74, 6) is -1.56. The minimum absolute atomic E-state index is 0.0431. The zero-order chi connectivity index (χ0) is 19.6. The van der Waals surface area contributed by atoms with Crippen molar-refractivity contribution in [2.75, 3.05) is 11.9 Å². The van der Waals surface area contributed by atoms with Crippen molar-refractivity contribution >= 4 is 40.6 Å². The smallest absolute Gasteiger partial charge is 0.294 e. The normalized spacial score (nSPS) is 15.4. The van der Waals surface area contributed by atoms with E-state index in [1.807, 2.05) is 0 Å². The number of nitrogens with one attached hydrogen (secondary N) is 1. The van der Waals surface area contributed by atoms with E-state index in [0.29, 0.717) is 17.4 Å². The molecule has 0 aliphatic carbocycles. The summed E-state index contributed by atoms with van der Waals surface area (Å²) < 4.78 is 0. The molecule has 1 saturated heterocycles. The molecule has 0 aromatic heterocycles. The fourth-order valence-corrected chi connectivity index (χ4v) is 3.15. The number of aromatic hydroxyl groups is 3. The molecule has 27 heavy (non-hydrogen) atoms. The number of imide groups is 1. The van der Waals surface area contributed by atoms with Crippen molar-refractivity contribution in [2.45, 2.75) is 0 Å². The highest BCUT2D eigenvalue weighted by molar-refractivity contribution is 8.18. The molecule has 138 valence electrons. The van der Waals surface area contributed by atoms with Gasteiger partial charge in [-0.2, -0.15) is 0 Å². The lowest BCUT2D eigenvalue weighted by molar-refractivity contribution is -0.127. The minimum atomic E-state index is -0.654. The van der Waals surface area contributed by atoms with Crippen LogP contribution in [-0.4, -0.2) is 43.8 Å². The number of benzene rings is 2. The quantitative estimate of drug-likeness (QED) is 0.469. The third-order valence-corrected chi connectivity index (χ3v) is 4.53. The monoisotopic (exact) mass is 386 g/mol. The number of phenols is 3. The van der Waals surface area contributed by atoms with Crippen LogP contribution in [0.15, 0.2) is 47.4 Å². The summed E-state index contributed by atoms with van der Waals surface area (Å²) in [6.07, 6.45) is 1.32. The molecule has 2 aromatic rings. The number of amides is 3. The molecule has 2 aromatic carbocycles. The van der Waals surface area contributed by atoms with Crippen LogP contribution in [0.2, 0.25) is 0 Å². The van der Waals surface area contributed by atoms with E-state index in [1.54, 1.807) is 0 Å². The Labute approximate surface area is 157 Å². The number of carbonyl (C=O) groups is 3. The largest absolute Gasteiger partial charge is 0.508 e. The van der Waals surface area contributed by atoms with Gasteiger partial charge in [-0.15, -0.1) is 0 Å². The van der Waals surface area contributed by atoms with Gasteiger partial charge in [0, 0.05) is 17.3 Å². The van der Waals surface area contributed by atoms with Gasteiger partial charge in [-0.25, -0.2) is 0 Å². The van der Waals surface area contributed by atoms with Crippen molar-refractivity contribution in [3.8, 4) is 17.2 Å². The van der Waals surface area contributed by atoms with Crippen LogP contribution in [-0.2, 0) is 9.59 Å². The molecule has 1 aliphatic rings. The maximum Gasteiger partial charge on any atom is 0.294 e. The zero-order valence-electron chi connectivity index (χ0n) is 13.7. The van der Waals surface area contributed by atoms with E-state index in [4.69, 9.17) is 0 Å². The van der Waals surface area contributed by atoms with E-state index in [-0.39, 0.29) is 27.7 Å².